The third-order valence-electron chi connectivity index (χ3n) is 2.80. The summed E-state index contributed by atoms with van der Waals surface area (Å²) in [6.07, 6.45) is 0. The molecule has 0 aliphatic carbocycles. The molecule has 2 rings (SSSR count). The molecule has 0 heterocycles. The molecule has 0 amide bonds. The van der Waals surface area contributed by atoms with Gasteiger partial charge in [0.15, 0.2) is 0 Å². The summed E-state index contributed by atoms with van der Waals surface area (Å²) in [5, 5.41) is 0. The average molecular weight is 228 g/mol. The van der Waals surface area contributed by atoms with Crippen LogP contribution in [0.15, 0.2) is 54.6 Å². The Kier molecular flexibility index (Phi) is 3.78. The van der Waals surface area contributed by atoms with Gasteiger partial charge < -0.3 is 10.5 Å². The van der Waals surface area contributed by atoms with Gasteiger partial charge in [-0.05, 0) is 31.2 Å². The molecule has 3 N–H and O–H groups in total. The molecule has 0 fully saturated rings. The van der Waals surface area contributed by atoms with Crippen LogP contribution in [0.2, 0.25) is 0 Å². The van der Waals surface area contributed by atoms with Gasteiger partial charge in [-0.25, -0.2) is 0 Å². The van der Waals surface area contributed by atoms with Gasteiger partial charge in [-0.15, -0.1) is 0 Å². The highest BCUT2D eigenvalue weighted by atomic mass is 16.5. The van der Waals surface area contributed by atoms with Gasteiger partial charge in [-0.1, -0.05) is 30.3 Å². The van der Waals surface area contributed by atoms with Crippen LogP contribution in [0.3, 0.4) is 0 Å². The van der Waals surface area contributed by atoms with Crippen LogP contribution < -0.4 is 10.5 Å². The summed E-state index contributed by atoms with van der Waals surface area (Å²) in [6, 6.07) is 18.7. The maximum atomic E-state index is 5.43. The Balaban J connectivity index is 2.17. The summed E-state index contributed by atoms with van der Waals surface area (Å²) in [5.74, 6) is 0.913. The third kappa shape index (κ3) is 2.86. The molecule has 0 bridgehead atoms. The predicted molar refractivity (Wildman–Crippen MR) is 68.8 cm³/mol. The largest absolute Gasteiger partial charge is 0.494 e. The van der Waals surface area contributed by atoms with E-state index < -0.39 is 0 Å². The van der Waals surface area contributed by atoms with Crippen molar-refractivity contribution < 1.29 is 10.5 Å². The minimum Gasteiger partial charge on any atom is -0.494 e. The SMILES string of the molecule is CCOc1ccc([C@@H]([NH3+])c2ccccc2)cc1. The standard InChI is InChI=1S/C15H17NO/c1-2-17-14-10-8-13(9-11-14)15(16)12-6-4-3-5-7-12/h3-11,15H,2,16H2,1H3/p+1/t15-/m0/s1. The predicted octanol–water partition coefficient (Wildman–Crippen LogP) is 2.42. The highest BCUT2D eigenvalue weighted by Crippen LogP contribution is 2.20. The molecule has 17 heavy (non-hydrogen) atoms. The second kappa shape index (κ2) is 5.51. The Hall–Kier alpha value is -1.80. The first-order valence-corrected chi connectivity index (χ1v) is 5.92. The molecule has 2 aromatic rings. The van der Waals surface area contributed by atoms with E-state index in [1.165, 1.54) is 11.1 Å². The second-order valence-corrected chi connectivity index (χ2v) is 3.97. The van der Waals surface area contributed by atoms with Crippen LogP contribution in [0.4, 0.5) is 0 Å². The van der Waals surface area contributed by atoms with E-state index >= 15 is 0 Å². The molecule has 0 saturated carbocycles. The molecular formula is C15H18NO+. The monoisotopic (exact) mass is 228 g/mol. The lowest BCUT2D eigenvalue weighted by Gasteiger charge is -2.10. The number of quaternary nitrogens is 1. The highest BCUT2D eigenvalue weighted by molar-refractivity contribution is 5.33. The molecule has 0 aliphatic heterocycles. The van der Waals surface area contributed by atoms with Crippen molar-refractivity contribution >= 4 is 0 Å². The number of rotatable bonds is 4. The van der Waals surface area contributed by atoms with Gasteiger partial charge in [-0.2, -0.15) is 0 Å². The summed E-state index contributed by atoms with van der Waals surface area (Å²) >= 11 is 0. The van der Waals surface area contributed by atoms with Gasteiger partial charge in [0.05, 0.1) is 6.61 Å². The van der Waals surface area contributed by atoms with E-state index in [0.717, 1.165) is 5.75 Å². The number of benzene rings is 2. The lowest BCUT2D eigenvalue weighted by Crippen LogP contribution is -2.53. The fourth-order valence-electron chi connectivity index (χ4n) is 1.84. The van der Waals surface area contributed by atoms with Gasteiger partial charge >= 0.3 is 0 Å². The van der Waals surface area contributed by atoms with Crippen LogP contribution in [0, 0.1) is 0 Å². The van der Waals surface area contributed by atoms with Crippen molar-refractivity contribution in [2.75, 3.05) is 6.61 Å². The summed E-state index contributed by atoms with van der Waals surface area (Å²) in [4.78, 5) is 0. The highest BCUT2D eigenvalue weighted by Gasteiger charge is 2.11. The van der Waals surface area contributed by atoms with Crippen molar-refractivity contribution in [3.63, 3.8) is 0 Å². The Bertz CT molecular complexity index is 450. The molecule has 2 aromatic carbocycles. The van der Waals surface area contributed by atoms with Crippen molar-refractivity contribution in [2.45, 2.75) is 13.0 Å². The Morgan fingerprint density at radius 2 is 1.53 bits per heavy atom. The van der Waals surface area contributed by atoms with Crippen molar-refractivity contribution in [2.24, 2.45) is 0 Å². The fraction of sp³-hybridized carbons (Fsp3) is 0.200. The molecule has 0 aliphatic rings. The van der Waals surface area contributed by atoms with Crippen LogP contribution in [0.25, 0.3) is 0 Å². The first kappa shape index (κ1) is 11.7. The van der Waals surface area contributed by atoms with E-state index in [1.807, 2.05) is 37.3 Å². The summed E-state index contributed by atoms with van der Waals surface area (Å²) in [6.45, 7) is 2.69. The second-order valence-electron chi connectivity index (χ2n) is 3.97. The smallest absolute Gasteiger partial charge is 0.136 e. The molecule has 0 spiro atoms. The van der Waals surface area contributed by atoms with E-state index in [-0.39, 0.29) is 6.04 Å². The molecule has 0 unspecified atom stereocenters. The molecule has 0 aromatic heterocycles. The lowest BCUT2D eigenvalue weighted by atomic mass is 10.00. The molecule has 88 valence electrons. The number of ether oxygens (including phenoxy) is 1. The van der Waals surface area contributed by atoms with Crippen molar-refractivity contribution in [3.8, 4) is 5.75 Å². The van der Waals surface area contributed by atoms with Gasteiger partial charge in [0.2, 0.25) is 0 Å². The van der Waals surface area contributed by atoms with Crippen molar-refractivity contribution in [1.29, 1.82) is 0 Å². The van der Waals surface area contributed by atoms with Crippen molar-refractivity contribution in [1.82, 2.24) is 0 Å². The average Bonchev–Trinajstić information content (AvgIpc) is 2.40. The van der Waals surface area contributed by atoms with Crippen molar-refractivity contribution in [3.05, 3.63) is 65.7 Å². The Labute approximate surface area is 102 Å². The van der Waals surface area contributed by atoms with Crippen LogP contribution in [-0.2, 0) is 0 Å². The first-order chi connectivity index (χ1) is 8.31. The zero-order chi connectivity index (χ0) is 12.1. The van der Waals surface area contributed by atoms with E-state index in [4.69, 9.17) is 4.74 Å². The van der Waals surface area contributed by atoms with E-state index in [1.54, 1.807) is 0 Å². The number of hydrogen-bond acceptors (Lipinski definition) is 1. The Morgan fingerprint density at radius 1 is 0.941 bits per heavy atom. The normalized spacial score (nSPS) is 12.1. The third-order valence-corrected chi connectivity index (χ3v) is 2.80. The van der Waals surface area contributed by atoms with E-state index in [2.05, 4.69) is 30.0 Å². The van der Waals surface area contributed by atoms with Crippen LogP contribution >= 0.6 is 0 Å². The molecular weight excluding hydrogens is 210 g/mol. The van der Waals surface area contributed by atoms with Gasteiger partial charge in [-0.3, -0.25) is 0 Å². The maximum absolute atomic E-state index is 5.43. The Morgan fingerprint density at radius 3 is 2.12 bits per heavy atom. The number of hydrogen-bond donors (Lipinski definition) is 1. The topological polar surface area (TPSA) is 36.9 Å². The summed E-state index contributed by atoms with van der Waals surface area (Å²) < 4.78 is 5.43. The molecule has 0 saturated heterocycles. The quantitative estimate of drug-likeness (QED) is 0.857. The van der Waals surface area contributed by atoms with E-state index in [0.29, 0.717) is 6.61 Å². The first-order valence-electron chi connectivity index (χ1n) is 5.92. The molecule has 2 heteroatoms. The minimum absolute atomic E-state index is 0.173. The van der Waals surface area contributed by atoms with Crippen LogP contribution in [0.5, 0.6) is 5.75 Å². The zero-order valence-corrected chi connectivity index (χ0v) is 10.1. The lowest BCUT2D eigenvalue weighted by molar-refractivity contribution is -0.411. The molecule has 2 nitrogen and oxygen atoms in total. The van der Waals surface area contributed by atoms with E-state index in [9.17, 15) is 0 Å². The molecule has 1 atom stereocenters. The maximum Gasteiger partial charge on any atom is 0.136 e. The zero-order valence-electron chi connectivity index (χ0n) is 10.1. The molecule has 0 radical (unpaired) electrons. The van der Waals surface area contributed by atoms with Crippen LogP contribution in [0.1, 0.15) is 24.1 Å². The van der Waals surface area contributed by atoms with Crippen LogP contribution in [-0.4, -0.2) is 6.61 Å². The van der Waals surface area contributed by atoms with Gasteiger partial charge in [0, 0.05) is 11.1 Å². The van der Waals surface area contributed by atoms with Gasteiger partial charge in [0.25, 0.3) is 0 Å². The summed E-state index contributed by atoms with van der Waals surface area (Å²) in [7, 11) is 0. The minimum atomic E-state index is 0.173. The fourth-order valence-corrected chi connectivity index (χ4v) is 1.84. The van der Waals surface area contributed by atoms with Gasteiger partial charge in [0.1, 0.15) is 11.8 Å². The summed E-state index contributed by atoms with van der Waals surface area (Å²) in [5.41, 5.74) is 6.65.